The van der Waals surface area contributed by atoms with Crippen molar-refractivity contribution >= 4 is 31.8 Å². The molecule has 2 aromatic heterocycles. The number of nitrogens with zero attached hydrogens (tertiary/aromatic N) is 5. The number of sulfonamides is 2. The molecule has 0 spiro atoms. The van der Waals surface area contributed by atoms with Gasteiger partial charge in [-0.15, -0.1) is 5.26 Å². The van der Waals surface area contributed by atoms with E-state index in [1.165, 1.54) is 80.1 Å². The van der Waals surface area contributed by atoms with Gasteiger partial charge in [0.1, 0.15) is 5.75 Å². The number of carbonyl (C=O) groups is 1. The van der Waals surface area contributed by atoms with Gasteiger partial charge in [0.15, 0.2) is 10.1 Å². The molecule has 2 amide bonds. The zero-order valence-corrected chi connectivity index (χ0v) is 34.5. The standard InChI is InChI=1S/C20H26N4O4S.C13H13NO.C7H13N3O3S/c1-2-15(25)12-24-10-9-18(22-24)29(27,28)23-20(26)21-19-16-7-3-5-13(16)11-14-6-4-8-17(14)19;14-8-15-13-11-5-1-3-9(11)7-10-4-2-6-12(10)13;1-2-6(11)5-10-4-3-7(9-10)14(8,12)13/h9-11,15,25H,2-8,12H2,1H3,(H2,21,23,26);7H,1-6H2;3-4,6,11H,2,5H2,1H3,(H2,8,12,13)/t15-;;6-/m1.1/s1. The number of nitriles is 1. The van der Waals surface area contributed by atoms with Crippen LogP contribution in [-0.2, 0) is 84.5 Å². The van der Waals surface area contributed by atoms with Crippen LogP contribution >= 0.6 is 0 Å². The Morgan fingerprint density at radius 2 is 1.21 bits per heavy atom. The summed E-state index contributed by atoms with van der Waals surface area (Å²) in [6.45, 7) is 4.12. The number of carbonyl (C=O) groups excluding carboxylic acids is 1. The van der Waals surface area contributed by atoms with Crippen molar-refractivity contribution in [3.8, 4) is 12.0 Å². The number of rotatable bonds is 11. The molecule has 6 N–H and O–H groups in total. The van der Waals surface area contributed by atoms with Crippen molar-refractivity contribution in [2.24, 2.45) is 5.14 Å². The third kappa shape index (κ3) is 10.1. The minimum Gasteiger partial charge on any atom is -0.391 e. The van der Waals surface area contributed by atoms with Crippen LogP contribution in [0, 0.1) is 11.5 Å². The maximum Gasteiger partial charge on any atom is 0.333 e. The normalized spacial score (nSPS) is 16.0. The van der Waals surface area contributed by atoms with Gasteiger partial charge in [0.05, 0.1) is 25.3 Å². The van der Waals surface area contributed by atoms with Gasteiger partial charge in [-0.3, -0.25) is 9.36 Å². The highest BCUT2D eigenvalue weighted by atomic mass is 32.2. The summed E-state index contributed by atoms with van der Waals surface area (Å²) >= 11 is 0. The lowest BCUT2D eigenvalue weighted by molar-refractivity contribution is 0.144. The van der Waals surface area contributed by atoms with Gasteiger partial charge in [-0.2, -0.15) is 18.6 Å². The number of amides is 2. The van der Waals surface area contributed by atoms with E-state index in [9.17, 15) is 31.8 Å². The fraction of sp³-hybridized carbons (Fsp3) is 0.500. The number of aliphatic hydroxyl groups is 2. The second-order valence-electron chi connectivity index (χ2n) is 15.1. The van der Waals surface area contributed by atoms with Gasteiger partial charge >= 0.3 is 6.03 Å². The van der Waals surface area contributed by atoms with Gasteiger partial charge in [-0.25, -0.2) is 23.1 Å². The van der Waals surface area contributed by atoms with Crippen molar-refractivity contribution in [2.75, 3.05) is 5.32 Å². The van der Waals surface area contributed by atoms with Crippen molar-refractivity contribution in [1.29, 1.82) is 5.26 Å². The molecule has 2 atom stereocenters. The molecule has 18 heteroatoms. The first-order chi connectivity index (χ1) is 27.7. The molecule has 2 heterocycles. The summed E-state index contributed by atoms with van der Waals surface area (Å²) in [6.07, 6.45) is 17.6. The van der Waals surface area contributed by atoms with Gasteiger partial charge in [0, 0.05) is 18.1 Å². The van der Waals surface area contributed by atoms with Gasteiger partial charge in [0.2, 0.25) is 0 Å². The van der Waals surface area contributed by atoms with E-state index in [-0.39, 0.29) is 23.1 Å². The number of benzene rings is 2. The van der Waals surface area contributed by atoms with Crippen LogP contribution in [0.1, 0.15) is 96.9 Å². The van der Waals surface area contributed by atoms with Crippen LogP contribution < -0.4 is 19.9 Å². The van der Waals surface area contributed by atoms with Crippen molar-refractivity contribution in [3.05, 3.63) is 81.2 Å². The van der Waals surface area contributed by atoms with E-state index in [0.29, 0.717) is 12.8 Å². The number of hydrogen-bond acceptors (Lipinski definition) is 11. The monoisotopic (exact) mass is 836 g/mol. The van der Waals surface area contributed by atoms with Crippen molar-refractivity contribution < 1.29 is 36.6 Å². The Morgan fingerprint density at radius 3 is 1.64 bits per heavy atom. The summed E-state index contributed by atoms with van der Waals surface area (Å²) in [6, 6.07) is 6.44. The highest BCUT2D eigenvalue weighted by Gasteiger charge is 2.28. The Morgan fingerprint density at radius 1 is 0.776 bits per heavy atom. The first kappa shape index (κ1) is 42.8. The van der Waals surface area contributed by atoms with Crippen LogP contribution in [0.4, 0.5) is 10.5 Å². The number of urea groups is 1. The van der Waals surface area contributed by atoms with E-state index >= 15 is 0 Å². The number of aromatic nitrogens is 4. The Hall–Kier alpha value is -4.80. The molecule has 312 valence electrons. The van der Waals surface area contributed by atoms with E-state index < -0.39 is 38.3 Å². The fourth-order valence-electron chi connectivity index (χ4n) is 8.09. The minimum absolute atomic E-state index is 0.180. The summed E-state index contributed by atoms with van der Waals surface area (Å²) in [5.41, 5.74) is 11.0. The topological polar surface area (TPSA) is 245 Å². The second kappa shape index (κ2) is 18.4. The number of anilines is 1. The van der Waals surface area contributed by atoms with Gasteiger partial charge < -0.3 is 20.3 Å². The maximum atomic E-state index is 12.6. The van der Waals surface area contributed by atoms with E-state index in [1.54, 1.807) is 0 Å². The second-order valence-corrected chi connectivity index (χ2v) is 18.2. The Labute approximate surface area is 339 Å². The molecule has 0 fully saturated rings. The minimum atomic E-state index is -4.11. The number of hydrogen-bond donors (Lipinski definition) is 5. The molecule has 4 aliphatic rings. The van der Waals surface area contributed by atoms with Gasteiger partial charge in [0.25, 0.3) is 26.3 Å². The Balaban J connectivity index is 0.000000164. The van der Waals surface area contributed by atoms with E-state index in [2.05, 4.69) is 32.4 Å². The number of aliphatic hydroxyl groups excluding tert-OH is 2. The average molecular weight is 837 g/mol. The first-order valence-corrected chi connectivity index (χ1v) is 22.9. The highest BCUT2D eigenvalue weighted by molar-refractivity contribution is 7.90. The molecule has 58 heavy (non-hydrogen) atoms. The number of aryl methyl sites for hydroxylation is 4. The smallest absolute Gasteiger partial charge is 0.333 e. The summed E-state index contributed by atoms with van der Waals surface area (Å²) in [7, 11) is -7.84. The third-order valence-electron chi connectivity index (χ3n) is 11.0. The van der Waals surface area contributed by atoms with Crippen LogP contribution in [0.15, 0.2) is 46.7 Å². The van der Waals surface area contributed by atoms with E-state index in [0.717, 1.165) is 86.8 Å². The predicted molar refractivity (Wildman–Crippen MR) is 215 cm³/mol. The molecular formula is C40H52N8O8S2. The molecule has 0 radical (unpaired) electrons. The molecule has 0 aliphatic heterocycles. The average Bonchev–Trinajstić information content (AvgIpc) is 4.03. The summed E-state index contributed by atoms with van der Waals surface area (Å²) in [5, 5.41) is 42.6. The number of primary sulfonamides is 1. The van der Waals surface area contributed by atoms with Crippen LogP contribution in [0.25, 0.3) is 0 Å². The molecule has 0 saturated carbocycles. The molecule has 0 saturated heterocycles. The fourth-order valence-corrected chi connectivity index (χ4v) is 9.41. The first-order valence-electron chi connectivity index (χ1n) is 19.9. The summed E-state index contributed by atoms with van der Waals surface area (Å²) in [4.78, 5) is 12.6. The largest absolute Gasteiger partial charge is 0.391 e. The lowest BCUT2D eigenvalue weighted by Crippen LogP contribution is -2.35. The highest BCUT2D eigenvalue weighted by Crippen LogP contribution is 2.40. The number of ether oxygens (including phenoxy) is 1. The van der Waals surface area contributed by atoms with Crippen LogP contribution in [0.5, 0.6) is 5.75 Å². The molecule has 0 unspecified atom stereocenters. The molecule has 2 aromatic carbocycles. The number of nitrogens with two attached hydrogens (primary N) is 1. The molecule has 4 aromatic rings. The molecule has 4 aliphatic carbocycles. The zero-order valence-electron chi connectivity index (χ0n) is 32.9. The van der Waals surface area contributed by atoms with Crippen LogP contribution in [-0.4, -0.2) is 64.8 Å². The van der Waals surface area contributed by atoms with Gasteiger partial charge in [-0.1, -0.05) is 26.0 Å². The lowest BCUT2D eigenvalue weighted by atomic mass is 9.99. The summed E-state index contributed by atoms with van der Waals surface area (Å²) < 4.78 is 56.8. The van der Waals surface area contributed by atoms with Crippen LogP contribution in [0.3, 0.4) is 0 Å². The molecule has 8 rings (SSSR count). The summed E-state index contributed by atoms with van der Waals surface area (Å²) in [5.74, 6) is 0.903. The molecule has 0 bridgehead atoms. The van der Waals surface area contributed by atoms with Crippen LogP contribution in [0.2, 0.25) is 0 Å². The quantitative estimate of drug-likeness (QED) is 0.135. The third-order valence-corrected chi connectivity index (χ3v) is 13.1. The van der Waals surface area contributed by atoms with Crippen molar-refractivity contribution in [1.82, 2.24) is 24.3 Å². The predicted octanol–water partition coefficient (Wildman–Crippen LogP) is 3.97. The van der Waals surface area contributed by atoms with Gasteiger partial charge in [-0.05, 0) is 147 Å². The number of nitrogens with one attached hydrogen (secondary N) is 2. The maximum absolute atomic E-state index is 12.6. The van der Waals surface area contributed by atoms with E-state index in [4.69, 9.17) is 15.1 Å². The Bertz CT molecular complexity index is 2340. The van der Waals surface area contributed by atoms with Crippen molar-refractivity contribution in [2.45, 2.75) is 139 Å². The van der Waals surface area contributed by atoms with E-state index in [1.807, 2.05) is 20.1 Å². The molecular weight excluding hydrogens is 785 g/mol. The SMILES string of the molecule is CC[C@@H](O)Cn1ccc(S(=O)(=O)NC(=O)Nc2c3c(cc4c2CCC4)CCC3)n1.CC[C@@H](O)Cn1ccc(S(N)(=O)=O)n1.N#COc1c2c(cc3c1CCC3)CCC2. The zero-order chi connectivity index (χ0) is 41.6. The number of fused-ring (bicyclic) bond motifs is 4. The Kier molecular flexibility index (Phi) is 13.6. The van der Waals surface area contributed by atoms with Crippen molar-refractivity contribution in [3.63, 3.8) is 0 Å². The molecule has 16 nitrogen and oxygen atoms in total. The lowest BCUT2D eigenvalue weighted by Gasteiger charge is -2.16.